The number of hydrogen-bond donors (Lipinski definition) is 0. The molecule has 0 radical (unpaired) electrons. The SMILES string of the molecule is CCCCC/C=C\C/C=C\CCCCCCCC(=O)OC(COCCCCCCCCCC)COC(=O)CCCCCCCCC/C=C\CCCCCCCC. The monoisotopic (exact) mass is 787 g/mol. The van der Waals surface area contributed by atoms with Crippen LogP contribution < -0.4 is 0 Å². The van der Waals surface area contributed by atoms with Crippen molar-refractivity contribution in [3.63, 3.8) is 0 Å². The van der Waals surface area contributed by atoms with E-state index in [1.807, 2.05) is 0 Å². The van der Waals surface area contributed by atoms with E-state index in [9.17, 15) is 9.59 Å². The smallest absolute Gasteiger partial charge is 0.306 e. The average Bonchev–Trinajstić information content (AvgIpc) is 3.20. The molecule has 0 N–H and O–H groups in total. The van der Waals surface area contributed by atoms with Crippen molar-refractivity contribution in [3.05, 3.63) is 36.5 Å². The van der Waals surface area contributed by atoms with Crippen molar-refractivity contribution in [2.24, 2.45) is 0 Å². The molecule has 0 aliphatic carbocycles. The molecule has 0 rings (SSSR count). The first-order chi connectivity index (χ1) is 27.6. The molecule has 1 atom stereocenters. The molecule has 0 aromatic heterocycles. The molecule has 0 amide bonds. The summed E-state index contributed by atoms with van der Waals surface area (Å²) in [5.74, 6) is -0.410. The molecule has 0 aliphatic rings. The topological polar surface area (TPSA) is 61.8 Å². The summed E-state index contributed by atoms with van der Waals surface area (Å²) in [5, 5.41) is 0. The molecular weight excluding hydrogens is 693 g/mol. The lowest BCUT2D eigenvalue weighted by atomic mass is 10.1. The Hall–Kier alpha value is -1.88. The van der Waals surface area contributed by atoms with E-state index < -0.39 is 6.10 Å². The maximum absolute atomic E-state index is 12.7. The molecule has 1 unspecified atom stereocenters. The van der Waals surface area contributed by atoms with Crippen LogP contribution in [0.25, 0.3) is 0 Å². The summed E-state index contributed by atoms with van der Waals surface area (Å²) in [7, 11) is 0. The number of hydrogen-bond acceptors (Lipinski definition) is 5. The summed E-state index contributed by atoms with van der Waals surface area (Å²) in [6, 6.07) is 0. The molecule has 0 spiro atoms. The summed E-state index contributed by atoms with van der Waals surface area (Å²) >= 11 is 0. The molecule has 0 fully saturated rings. The van der Waals surface area contributed by atoms with E-state index in [1.54, 1.807) is 0 Å². The first-order valence-corrected chi connectivity index (χ1v) is 24.5. The average molecular weight is 787 g/mol. The van der Waals surface area contributed by atoms with Gasteiger partial charge in [-0.3, -0.25) is 9.59 Å². The number of unbranched alkanes of at least 4 members (excludes halogenated alkanes) is 28. The summed E-state index contributed by atoms with van der Waals surface area (Å²) in [5.41, 5.74) is 0. The Bertz CT molecular complexity index is 893. The minimum atomic E-state index is -0.538. The summed E-state index contributed by atoms with van der Waals surface area (Å²) in [6.07, 6.45) is 55.7. The molecule has 5 nitrogen and oxygen atoms in total. The van der Waals surface area contributed by atoms with Crippen LogP contribution in [0.3, 0.4) is 0 Å². The molecule has 0 aliphatic heterocycles. The molecule has 0 heterocycles. The number of esters is 2. The fourth-order valence-electron chi connectivity index (χ4n) is 6.95. The van der Waals surface area contributed by atoms with Crippen molar-refractivity contribution >= 4 is 11.9 Å². The van der Waals surface area contributed by atoms with E-state index in [0.29, 0.717) is 19.4 Å². The van der Waals surface area contributed by atoms with E-state index >= 15 is 0 Å². The normalized spacial score (nSPS) is 12.4. The molecule has 0 saturated heterocycles. The van der Waals surface area contributed by atoms with Gasteiger partial charge in [-0.15, -0.1) is 0 Å². The Kier molecular flexibility index (Phi) is 45.9. The quantitative estimate of drug-likeness (QED) is 0.0349. The Morgan fingerprint density at radius 2 is 0.750 bits per heavy atom. The van der Waals surface area contributed by atoms with Gasteiger partial charge < -0.3 is 14.2 Å². The van der Waals surface area contributed by atoms with Gasteiger partial charge in [0.2, 0.25) is 0 Å². The van der Waals surface area contributed by atoms with Gasteiger partial charge in [-0.2, -0.15) is 0 Å². The van der Waals surface area contributed by atoms with Gasteiger partial charge in [0.1, 0.15) is 6.61 Å². The van der Waals surface area contributed by atoms with Crippen LogP contribution in [-0.4, -0.2) is 37.9 Å². The van der Waals surface area contributed by atoms with Crippen molar-refractivity contribution in [3.8, 4) is 0 Å². The maximum Gasteiger partial charge on any atom is 0.306 e. The number of carbonyl (C=O) groups is 2. The Morgan fingerprint density at radius 3 is 1.23 bits per heavy atom. The highest BCUT2D eigenvalue weighted by Gasteiger charge is 2.17. The molecule has 0 bridgehead atoms. The number of carbonyl (C=O) groups excluding carboxylic acids is 2. The van der Waals surface area contributed by atoms with Crippen molar-refractivity contribution in [1.82, 2.24) is 0 Å². The van der Waals surface area contributed by atoms with Gasteiger partial charge in [0.05, 0.1) is 6.61 Å². The number of rotatable bonds is 45. The predicted molar refractivity (Wildman–Crippen MR) is 242 cm³/mol. The molecule has 56 heavy (non-hydrogen) atoms. The van der Waals surface area contributed by atoms with Gasteiger partial charge in [-0.05, 0) is 77.0 Å². The summed E-state index contributed by atoms with van der Waals surface area (Å²) in [6.45, 7) is 7.79. The highest BCUT2D eigenvalue weighted by molar-refractivity contribution is 5.70. The first-order valence-electron chi connectivity index (χ1n) is 24.5. The van der Waals surface area contributed by atoms with E-state index in [4.69, 9.17) is 14.2 Å². The second kappa shape index (κ2) is 47.5. The van der Waals surface area contributed by atoms with Crippen LogP contribution in [0.15, 0.2) is 36.5 Å². The van der Waals surface area contributed by atoms with Gasteiger partial charge in [0, 0.05) is 19.4 Å². The highest BCUT2D eigenvalue weighted by atomic mass is 16.6. The molecule has 0 aromatic rings. The lowest BCUT2D eigenvalue weighted by Crippen LogP contribution is -2.30. The Morgan fingerprint density at radius 1 is 0.393 bits per heavy atom. The van der Waals surface area contributed by atoms with E-state index in [0.717, 1.165) is 57.8 Å². The van der Waals surface area contributed by atoms with Crippen LogP contribution in [0.4, 0.5) is 0 Å². The number of ether oxygens (including phenoxy) is 3. The molecule has 0 aromatic carbocycles. The van der Waals surface area contributed by atoms with E-state index in [2.05, 4.69) is 57.2 Å². The van der Waals surface area contributed by atoms with Crippen LogP contribution in [0.2, 0.25) is 0 Å². The van der Waals surface area contributed by atoms with Crippen LogP contribution in [0.1, 0.15) is 252 Å². The molecule has 0 saturated carbocycles. The molecule has 5 heteroatoms. The van der Waals surface area contributed by atoms with Crippen LogP contribution >= 0.6 is 0 Å². The fourth-order valence-corrected chi connectivity index (χ4v) is 6.95. The second-order valence-corrected chi connectivity index (χ2v) is 16.4. The standard InChI is InChI=1S/C51H94O5/c1-4-7-10-13-16-19-21-23-25-26-28-29-31-33-35-38-41-44-50(52)55-48-49(47-54-46-43-40-37-18-15-12-9-6-3)56-51(53)45-42-39-36-34-32-30-27-24-22-20-17-14-11-8-5-2/h17,20,23-25,27,49H,4-16,18-19,21-22,26,28-48H2,1-3H3/b20-17-,25-23-,27-24-. The highest BCUT2D eigenvalue weighted by Crippen LogP contribution is 2.14. The minimum Gasteiger partial charge on any atom is -0.462 e. The lowest BCUT2D eigenvalue weighted by Gasteiger charge is -2.18. The van der Waals surface area contributed by atoms with Crippen molar-refractivity contribution < 1.29 is 23.8 Å². The van der Waals surface area contributed by atoms with Crippen molar-refractivity contribution in [1.29, 1.82) is 0 Å². The molecule has 328 valence electrons. The van der Waals surface area contributed by atoms with Crippen LogP contribution in [-0.2, 0) is 23.8 Å². The van der Waals surface area contributed by atoms with Crippen LogP contribution in [0.5, 0.6) is 0 Å². The van der Waals surface area contributed by atoms with E-state index in [-0.39, 0.29) is 25.2 Å². The second-order valence-electron chi connectivity index (χ2n) is 16.4. The third-order valence-corrected chi connectivity index (χ3v) is 10.6. The van der Waals surface area contributed by atoms with Gasteiger partial charge >= 0.3 is 11.9 Å². The summed E-state index contributed by atoms with van der Waals surface area (Å²) in [4.78, 5) is 25.3. The third kappa shape index (κ3) is 44.8. The van der Waals surface area contributed by atoms with Gasteiger partial charge in [-0.1, -0.05) is 198 Å². The largest absolute Gasteiger partial charge is 0.462 e. The third-order valence-electron chi connectivity index (χ3n) is 10.6. The van der Waals surface area contributed by atoms with Crippen molar-refractivity contribution in [2.45, 2.75) is 258 Å². The maximum atomic E-state index is 12.7. The fraction of sp³-hybridized carbons (Fsp3) is 0.843. The van der Waals surface area contributed by atoms with Gasteiger partial charge in [0.15, 0.2) is 6.10 Å². The van der Waals surface area contributed by atoms with Gasteiger partial charge in [-0.25, -0.2) is 0 Å². The first kappa shape index (κ1) is 54.1. The Labute approximate surface area is 349 Å². The van der Waals surface area contributed by atoms with E-state index in [1.165, 1.54) is 161 Å². The zero-order valence-corrected chi connectivity index (χ0v) is 37.7. The zero-order valence-electron chi connectivity index (χ0n) is 37.7. The van der Waals surface area contributed by atoms with Crippen LogP contribution in [0, 0.1) is 0 Å². The lowest BCUT2D eigenvalue weighted by molar-refractivity contribution is -0.163. The number of allylic oxidation sites excluding steroid dienone is 6. The van der Waals surface area contributed by atoms with Gasteiger partial charge in [0.25, 0.3) is 0 Å². The summed E-state index contributed by atoms with van der Waals surface area (Å²) < 4.78 is 17.3. The predicted octanol–water partition coefficient (Wildman–Crippen LogP) is 16.2. The Balaban J connectivity index is 4.18. The van der Waals surface area contributed by atoms with Crippen molar-refractivity contribution in [2.75, 3.05) is 19.8 Å². The zero-order chi connectivity index (χ0) is 40.7. The minimum absolute atomic E-state index is 0.0809. The molecular formula is C51H94O5.